The van der Waals surface area contributed by atoms with E-state index in [4.69, 9.17) is 21.1 Å². The first kappa shape index (κ1) is 25.1. The summed E-state index contributed by atoms with van der Waals surface area (Å²) >= 11 is 7.31. The van der Waals surface area contributed by atoms with Gasteiger partial charge in [0.05, 0.1) is 29.5 Å². The molecular weight excluding hydrogens is 506 g/mol. The van der Waals surface area contributed by atoms with E-state index in [1.165, 1.54) is 30.7 Å². The van der Waals surface area contributed by atoms with E-state index >= 15 is 0 Å². The molecule has 1 heterocycles. The Morgan fingerprint density at radius 1 is 1.00 bits per heavy atom. The Bertz CT molecular complexity index is 1380. The molecule has 0 unspecified atom stereocenters. The molecule has 0 saturated carbocycles. The number of hydrogen-bond acceptors (Lipinski definition) is 8. The number of fused-ring (bicyclic) bond motifs is 1. The van der Waals surface area contributed by atoms with Gasteiger partial charge in [-0.15, -0.1) is 11.3 Å². The standard InChI is InChI=1S/C25H20ClN3O6S/c1-34-25(33)20-16-9-6-12-19(16)36-23(20)28-21(30)22(31)29-27-13-14-7-2-5-11-18(14)35-24(32)15-8-3-4-10-17(15)26/h2-5,7-8,10-11,13H,6,9,12H2,1H3,(H,28,30)(H,29,31)/b27-13+. The third-order valence-corrected chi connectivity index (χ3v) is 6.87. The number of hydrogen-bond donors (Lipinski definition) is 2. The minimum Gasteiger partial charge on any atom is -0.465 e. The van der Waals surface area contributed by atoms with Gasteiger partial charge in [0, 0.05) is 10.4 Å². The highest BCUT2D eigenvalue weighted by Gasteiger charge is 2.29. The highest BCUT2D eigenvalue weighted by Crippen LogP contribution is 2.39. The van der Waals surface area contributed by atoms with Crippen LogP contribution in [0.25, 0.3) is 0 Å². The maximum absolute atomic E-state index is 12.5. The fourth-order valence-electron chi connectivity index (χ4n) is 3.64. The molecule has 36 heavy (non-hydrogen) atoms. The molecule has 1 aromatic heterocycles. The number of esters is 2. The van der Waals surface area contributed by atoms with E-state index in [-0.39, 0.29) is 26.9 Å². The number of nitrogens with zero attached hydrogens (tertiary/aromatic N) is 1. The van der Waals surface area contributed by atoms with Crippen molar-refractivity contribution < 1.29 is 28.7 Å². The average Bonchev–Trinajstić information content (AvgIpc) is 3.45. The first-order chi connectivity index (χ1) is 17.4. The van der Waals surface area contributed by atoms with Crippen molar-refractivity contribution in [3.05, 3.63) is 80.7 Å². The van der Waals surface area contributed by atoms with Crippen LogP contribution in [0.15, 0.2) is 53.6 Å². The van der Waals surface area contributed by atoms with Gasteiger partial charge >= 0.3 is 23.8 Å². The molecule has 0 aliphatic heterocycles. The third kappa shape index (κ3) is 5.45. The van der Waals surface area contributed by atoms with Crippen LogP contribution in [-0.2, 0) is 27.2 Å². The summed E-state index contributed by atoms with van der Waals surface area (Å²) < 4.78 is 10.3. The number of halogens is 1. The number of rotatable bonds is 6. The molecule has 1 aliphatic rings. The number of hydrazone groups is 1. The Hall–Kier alpha value is -4.02. The van der Waals surface area contributed by atoms with Crippen LogP contribution >= 0.6 is 22.9 Å². The Morgan fingerprint density at radius 2 is 1.75 bits per heavy atom. The van der Waals surface area contributed by atoms with E-state index in [0.29, 0.717) is 12.0 Å². The van der Waals surface area contributed by atoms with Gasteiger partial charge in [-0.2, -0.15) is 5.10 Å². The number of aryl methyl sites for hydroxylation is 1. The molecule has 11 heteroatoms. The molecule has 0 bridgehead atoms. The third-order valence-electron chi connectivity index (χ3n) is 5.33. The summed E-state index contributed by atoms with van der Waals surface area (Å²) in [6.07, 6.45) is 3.67. The van der Waals surface area contributed by atoms with Gasteiger partial charge in [-0.1, -0.05) is 35.9 Å². The number of benzene rings is 2. The molecule has 0 saturated heterocycles. The lowest BCUT2D eigenvalue weighted by molar-refractivity contribution is -0.136. The first-order valence-electron chi connectivity index (χ1n) is 10.8. The number of amides is 2. The van der Waals surface area contributed by atoms with Crippen LogP contribution in [0.4, 0.5) is 5.00 Å². The molecule has 0 spiro atoms. The highest BCUT2D eigenvalue weighted by atomic mass is 35.5. The van der Waals surface area contributed by atoms with Crippen LogP contribution in [0.3, 0.4) is 0 Å². The quantitative estimate of drug-likeness (QED) is 0.165. The fourth-order valence-corrected chi connectivity index (χ4v) is 5.13. The molecule has 0 radical (unpaired) electrons. The maximum atomic E-state index is 12.5. The van der Waals surface area contributed by atoms with Gasteiger partial charge in [-0.05, 0) is 49.1 Å². The van der Waals surface area contributed by atoms with Crippen molar-refractivity contribution in [3.8, 4) is 5.75 Å². The topological polar surface area (TPSA) is 123 Å². The molecule has 184 valence electrons. The Morgan fingerprint density at radius 3 is 2.53 bits per heavy atom. The number of carbonyl (C=O) groups is 4. The van der Waals surface area contributed by atoms with Gasteiger partial charge in [-0.25, -0.2) is 15.0 Å². The zero-order valence-corrected chi connectivity index (χ0v) is 20.6. The number of anilines is 1. The predicted octanol–water partition coefficient (Wildman–Crippen LogP) is 3.98. The van der Waals surface area contributed by atoms with Crippen LogP contribution in [0.2, 0.25) is 5.02 Å². The molecule has 1 aliphatic carbocycles. The maximum Gasteiger partial charge on any atom is 0.345 e. The first-order valence-corrected chi connectivity index (χ1v) is 12.0. The number of thiophene rings is 1. The fraction of sp³-hybridized carbons (Fsp3) is 0.160. The summed E-state index contributed by atoms with van der Waals surface area (Å²) in [4.78, 5) is 50.4. The number of carbonyl (C=O) groups excluding carboxylic acids is 4. The van der Waals surface area contributed by atoms with Crippen molar-refractivity contribution in [1.29, 1.82) is 0 Å². The SMILES string of the molecule is COC(=O)c1c(NC(=O)C(=O)N/N=C/c2ccccc2OC(=O)c2ccccc2Cl)sc2c1CCC2. The summed E-state index contributed by atoms with van der Waals surface area (Å²) in [7, 11) is 1.26. The van der Waals surface area contributed by atoms with Gasteiger partial charge in [0.15, 0.2) is 0 Å². The molecule has 9 nitrogen and oxygen atoms in total. The molecule has 0 atom stereocenters. The van der Waals surface area contributed by atoms with Crippen LogP contribution in [0, 0.1) is 0 Å². The van der Waals surface area contributed by atoms with Crippen molar-refractivity contribution >= 4 is 57.9 Å². The Balaban J connectivity index is 1.41. The van der Waals surface area contributed by atoms with E-state index in [9.17, 15) is 19.2 Å². The van der Waals surface area contributed by atoms with E-state index in [1.807, 2.05) is 0 Å². The largest absolute Gasteiger partial charge is 0.465 e. The van der Waals surface area contributed by atoms with Crippen LogP contribution < -0.4 is 15.5 Å². The lowest BCUT2D eigenvalue weighted by Gasteiger charge is -2.08. The number of para-hydroxylation sites is 1. The zero-order chi connectivity index (χ0) is 25.7. The van der Waals surface area contributed by atoms with Gasteiger partial charge < -0.3 is 14.8 Å². The van der Waals surface area contributed by atoms with Crippen molar-refractivity contribution in [2.45, 2.75) is 19.3 Å². The Labute approximate surface area is 215 Å². The highest BCUT2D eigenvalue weighted by molar-refractivity contribution is 7.17. The zero-order valence-electron chi connectivity index (χ0n) is 19.0. The van der Waals surface area contributed by atoms with E-state index in [2.05, 4.69) is 15.8 Å². The summed E-state index contributed by atoms with van der Waals surface area (Å²) in [5, 5.41) is 6.79. The van der Waals surface area contributed by atoms with Gasteiger partial charge in [0.2, 0.25) is 0 Å². The molecule has 4 rings (SSSR count). The summed E-state index contributed by atoms with van der Waals surface area (Å²) in [6.45, 7) is 0. The van der Waals surface area contributed by atoms with E-state index < -0.39 is 23.8 Å². The van der Waals surface area contributed by atoms with Crippen molar-refractivity contribution in [3.63, 3.8) is 0 Å². The number of ether oxygens (including phenoxy) is 2. The second-order valence-electron chi connectivity index (χ2n) is 7.61. The molecular formula is C25H20ClN3O6S. The van der Waals surface area contributed by atoms with Crippen LogP contribution in [0.5, 0.6) is 5.75 Å². The number of methoxy groups -OCH3 is 1. The summed E-state index contributed by atoms with van der Waals surface area (Å²) in [5.74, 6) is -3.07. The lowest BCUT2D eigenvalue weighted by atomic mass is 10.1. The number of nitrogens with one attached hydrogen (secondary N) is 2. The Kier molecular flexibility index (Phi) is 7.77. The minimum absolute atomic E-state index is 0.181. The monoisotopic (exact) mass is 525 g/mol. The molecule has 3 aromatic rings. The van der Waals surface area contributed by atoms with E-state index in [0.717, 1.165) is 23.3 Å². The van der Waals surface area contributed by atoms with Gasteiger partial charge in [0.1, 0.15) is 10.8 Å². The predicted molar refractivity (Wildman–Crippen MR) is 135 cm³/mol. The molecule has 2 aromatic carbocycles. The minimum atomic E-state index is -1.04. The van der Waals surface area contributed by atoms with Crippen molar-refractivity contribution in [1.82, 2.24) is 5.43 Å². The van der Waals surface area contributed by atoms with Crippen molar-refractivity contribution in [2.75, 3.05) is 12.4 Å². The lowest BCUT2D eigenvalue weighted by Crippen LogP contribution is -2.32. The molecule has 2 amide bonds. The molecule has 2 N–H and O–H groups in total. The average molecular weight is 526 g/mol. The van der Waals surface area contributed by atoms with Crippen LogP contribution in [0.1, 0.15) is 43.1 Å². The second-order valence-corrected chi connectivity index (χ2v) is 9.13. The van der Waals surface area contributed by atoms with Crippen molar-refractivity contribution in [2.24, 2.45) is 5.10 Å². The van der Waals surface area contributed by atoms with Crippen LogP contribution in [-0.4, -0.2) is 37.1 Å². The normalized spacial score (nSPS) is 12.2. The van der Waals surface area contributed by atoms with Gasteiger partial charge in [-0.3, -0.25) is 9.59 Å². The molecule has 0 fully saturated rings. The van der Waals surface area contributed by atoms with Gasteiger partial charge in [0.25, 0.3) is 0 Å². The smallest absolute Gasteiger partial charge is 0.345 e. The second kappa shape index (κ2) is 11.1. The van der Waals surface area contributed by atoms with E-state index in [1.54, 1.807) is 42.5 Å². The summed E-state index contributed by atoms with van der Waals surface area (Å²) in [6, 6.07) is 13.0. The summed E-state index contributed by atoms with van der Waals surface area (Å²) in [5.41, 5.74) is 3.84.